The van der Waals surface area contributed by atoms with Gasteiger partial charge in [-0.1, -0.05) is 11.6 Å². The van der Waals surface area contributed by atoms with Crippen molar-refractivity contribution in [1.82, 2.24) is 19.5 Å². The average Bonchev–Trinajstić information content (AvgIpc) is 3.14. The van der Waals surface area contributed by atoms with Gasteiger partial charge in [-0.3, -0.25) is 0 Å². The van der Waals surface area contributed by atoms with Crippen molar-refractivity contribution in [3.63, 3.8) is 0 Å². The third kappa shape index (κ3) is 2.60. The van der Waals surface area contributed by atoms with E-state index >= 15 is 0 Å². The quantitative estimate of drug-likeness (QED) is 0.906. The zero-order valence-corrected chi connectivity index (χ0v) is 13.8. The van der Waals surface area contributed by atoms with Gasteiger partial charge in [0.25, 0.3) is 0 Å². The maximum Gasteiger partial charge on any atom is 0.244 e. The normalized spacial score (nSPS) is 20.0. The number of benzene rings is 1. The molecule has 1 aromatic heterocycles. The number of nitrogens with zero attached hydrogens (tertiary/aromatic N) is 3. The van der Waals surface area contributed by atoms with Gasteiger partial charge in [0.1, 0.15) is 22.8 Å². The summed E-state index contributed by atoms with van der Waals surface area (Å²) in [6.45, 7) is 1.22. The first-order valence-electron chi connectivity index (χ1n) is 7.40. The fourth-order valence-electron chi connectivity index (χ4n) is 3.09. The molecular weight excluding hydrogens is 340 g/mol. The summed E-state index contributed by atoms with van der Waals surface area (Å²) in [7, 11) is -3.77. The summed E-state index contributed by atoms with van der Waals surface area (Å²) in [4.78, 5) is 4.27. The van der Waals surface area contributed by atoms with Crippen LogP contribution < -0.4 is 9.46 Å². The van der Waals surface area contributed by atoms with Crippen molar-refractivity contribution in [2.24, 2.45) is 0 Å². The first-order valence-corrected chi connectivity index (χ1v) is 9.26. The Morgan fingerprint density at radius 3 is 3.13 bits per heavy atom. The van der Waals surface area contributed by atoms with Crippen molar-refractivity contribution in [3.8, 4) is 5.75 Å². The third-order valence-electron chi connectivity index (χ3n) is 4.12. The van der Waals surface area contributed by atoms with Crippen LogP contribution in [0.5, 0.6) is 5.75 Å². The molecule has 0 unspecified atom stereocenters. The van der Waals surface area contributed by atoms with E-state index in [-0.39, 0.29) is 4.90 Å². The number of nitrogens with one attached hydrogen (secondary N) is 1. The van der Waals surface area contributed by atoms with E-state index in [1.807, 2.05) is 0 Å². The van der Waals surface area contributed by atoms with Crippen LogP contribution in [0.3, 0.4) is 0 Å². The van der Waals surface area contributed by atoms with Gasteiger partial charge in [0.15, 0.2) is 0 Å². The standard InChI is InChI=1S/C14H15ClN4O3S/c15-10-6-9-3-5-22-13(9)12(7-10)23(20,21)18-11-2-1-4-19-14(11)16-8-17-19/h6-8,11,18H,1-5H2/t11-/m0/s1. The molecule has 0 spiro atoms. The smallest absolute Gasteiger partial charge is 0.244 e. The molecule has 0 saturated heterocycles. The highest BCUT2D eigenvalue weighted by atomic mass is 35.5. The van der Waals surface area contributed by atoms with E-state index in [9.17, 15) is 8.42 Å². The van der Waals surface area contributed by atoms with Crippen molar-refractivity contribution in [1.29, 1.82) is 0 Å². The lowest BCUT2D eigenvalue weighted by Gasteiger charge is -2.23. The maximum absolute atomic E-state index is 12.8. The summed E-state index contributed by atoms with van der Waals surface area (Å²) in [6, 6.07) is 2.79. The van der Waals surface area contributed by atoms with Crippen molar-refractivity contribution >= 4 is 21.6 Å². The topological polar surface area (TPSA) is 86.1 Å². The van der Waals surface area contributed by atoms with E-state index in [1.54, 1.807) is 10.7 Å². The highest BCUT2D eigenvalue weighted by molar-refractivity contribution is 7.89. The molecule has 2 aliphatic rings. The lowest BCUT2D eigenvalue weighted by Crippen LogP contribution is -2.33. The van der Waals surface area contributed by atoms with Crippen LogP contribution in [0.25, 0.3) is 0 Å². The zero-order valence-electron chi connectivity index (χ0n) is 12.2. The van der Waals surface area contributed by atoms with Crippen LogP contribution in [-0.2, 0) is 23.0 Å². The molecule has 1 N–H and O–H groups in total. The molecule has 0 aliphatic carbocycles. The van der Waals surface area contributed by atoms with Gasteiger partial charge < -0.3 is 4.74 Å². The second-order valence-corrected chi connectivity index (χ2v) is 7.77. The first kappa shape index (κ1) is 14.9. The average molecular weight is 355 g/mol. The zero-order chi connectivity index (χ0) is 16.0. The number of halogens is 1. The number of fused-ring (bicyclic) bond motifs is 2. The van der Waals surface area contributed by atoms with Gasteiger partial charge >= 0.3 is 0 Å². The molecule has 3 heterocycles. The maximum atomic E-state index is 12.8. The van der Waals surface area contributed by atoms with Gasteiger partial charge in [-0.05, 0) is 25.0 Å². The second kappa shape index (κ2) is 5.47. The van der Waals surface area contributed by atoms with Crippen LogP contribution in [0, 0.1) is 0 Å². The Morgan fingerprint density at radius 2 is 2.26 bits per heavy atom. The highest BCUT2D eigenvalue weighted by Crippen LogP contribution is 2.36. The molecule has 0 bridgehead atoms. The highest BCUT2D eigenvalue weighted by Gasteiger charge is 2.31. The molecule has 122 valence electrons. The van der Waals surface area contributed by atoms with Gasteiger partial charge in [-0.2, -0.15) is 5.10 Å². The van der Waals surface area contributed by atoms with Crippen LogP contribution in [0.15, 0.2) is 23.4 Å². The number of aryl methyl sites for hydroxylation is 1. The molecule has 1 atom stereocenters. The van der Waals surface area contributed by atoms with Crippen LogP contribution >= 0.6 is 11.6 Å². The Labute approximate surface area is 138 Å². The van der Waals surface area contributed by atoms with E-state index in [0.717, 1.165) is 18.5 Å². The summed E-state index contributed by atoms with van der Waals surface area (Å²) in [5.41, 5.74) is 0.824. The number of ether oxygens (including phenoxy) is 1. The molecule has 23 heavy (non-hydrogen) atoms. The van der Waals surface area contributed by atoms with E-state index in [0.29, 0.717) is 36.0 Å². The summed E-state index contributed by atoms with van der Waals surface area (Å²) in [5.74, 6) is 1.04. The number of rotatable bonds is 3. The van der Waals surface area contributed by atoms with Crippen molar-refractivity contribution < 1.29 is 13.2 Å². The molecule has 7 nitrogen and oxygen atoms in total. The first-order chi connectivity index (χ1) is 11.0. The van der Waals surface area contributed by atoms with Gasteiger partial charge in [-0.25, -0.2) is 22.8 Å². The van der Waals surface area contributed by atoms with Gasteiger partial charge in [-0.15, -0.1) is 0 Å². The molecular formula is C14H15ClN4O3S. The molecule has 0 fully saturated rings. The molecule has 0 saturated carbocycles. The third-order valence-corrected chi connectivity index (χ3v) is 5.82. The molecule has 9 heteroatoms. The van der Waals surface area contributed by atoms with Crippen molar-refractivity contribution in [3.05, 3.63) is 34.9 Å². The second-order valence-electron chi connectivity index (χ2n) is 5.65. The minimum absolute atomic E-state index is 0.0918. The minimum Gasteiger partial charge on any atom is -0.492 e. The van der Waals surface area contributed by atoms with Crippen molar-refractivity contribution in [2.75, 3.05) is 6.61 Å². The molecule has 0 amide bonds. The molecule has 4 rings (SSSR count). The fourth-order valence-corrected chi connectivity index (χ4v) is 4.83. The summed E-state index contributed by atoms with van der Waals surface area (Å²) in [5, 5.41) is 4.50. The lowest BCUT2D eigenvalue weighted by atomic mass is 10.1. The molecule has 1 aromatic carbocycles. The van der Waals surface area contributed by atoms with Gasteiger partial charge in [0.05, 0.1) is 12.6 Å². The van der Waals surface area contributed by atoms with Crippen molar-refractivity contribution in [2.45, 2.75) is 36.7 Å². The SMILES string of the molecule is O=S(=O)(N[C@H]1CCCn2ncnc21)c1cc(Cl)cc2c1OCC2. The molecule has 2 aromatic rings. The summed E-state index contributed by atoms with van der Waals surface area (Å²) in [6.07, 6.45) is 3.63. The molecule has 0 radical (unpaired) electrons. The fraction of sp³-hybridized carbons (Fsp3) is 0.429. The van der Waals surface area contributed by atoms with Crippen LogP contribution in [0.2, 0.25) is 5.02 Å². The molecule has 2 aliphatic heterocycles. The summed E-state index contributed by atoms with van der Waals surface area (Å²) >= 11 is 6.07. The Morgan fingerprint density at radius 1 is 1.39 bits per heavy atom. The van der Waals surface area contributed by atoms with Crippen LogP contribution in [0.1, 0.15) is 30.3 Å². The van der Waals surface area contributed by atoms with E-state index in [2.05, 4.69) is 14.8 Å². The Hall–Kier alpha value is -1.64. The van der Waals surface area contributed by atoms with Gasteiger partial charge in [0, 0.05) is 23.6 Å². The Kier molecular flexibility index (Phi) is 3.55. The minimum atomic E-state index is -3.77. The number of sulfonamides is 1. The van der Waals surface area contributed by atoms with E-state index in [1.165, 1.54) is 12.4 Å². The van der Waals surface area contributed by atoms with E-state index in [4.69, 9.17) is 16.3 Å². The predicted molar refractivity (Wildman–Crippen MR) is 83.0 cm³/mol. The number of hydrogen-bond donors (Lipinski definition) is 1. The Balaban J connectivity index is 1.71. The predicted octanol–water partition coefficient (Wildman–Crippen LogP) is 1.68. The Bertz CT molecular complexity index is 865. The van der Waals surface area contributed by atoms with Crippen LogP contribution in [-0.4, -0.2) is 29.8 Å². The monoisotopic (exact) mass is 354 g/mol. The number of aromatic nitrogens is 3. The number of hydrogen-bond acceptors (Lipinski definition) is 5. The largest absolute Gasteiger partial charge is 0.492 e. The summed E-state index contributed by atoms with van der Waals surface area (Å²) < 4.78 is 35.6. The lowest BCUT2D eigenvalue weighted by molar-refractivity contribution is 0.347. The van der Waals surface area contributed by atoms with Crippen LogP contribution in [0.4, 0.5) is 0 Å². The van der Waals surface area contributed by atoms with E-state index < -0.39 is 16.1 Å². The van der Waals surface area contributed by atoms with Gasteiger partial charge in [0.2, 0.25) is 10.0 Å².